The molecule has 28 heavy (non-hydrogen) atoms. The molecule has 0 atom stereocenters. The van der Waals surface area contributed by atoms with Gasteiger partial charge in [0, 0.05) is 18.7 Å². The largest absolute Gasteiger partial charge is 0.496 e. The Morgan fingerprint density at radius 3 is 2.61 bits per heavy atom. The van der Waals surface area contributed by atoms with Gasteiger partial charge in [-0.1, -0.05) is 24.3 Å². The molecule has 7 nitrogen and oxygen atoms in total. The molecule has 0 radical (unpaired) electrons. The molecule has 0 aliphatic rings. The number of nitrogens with one attached hydrogen (secondary N) is 3. The van der Waals surface area contributed by atoms with Gasteiger partial charge in [0.15, 0.2) is 5.96 Å². The average molecular weight is 405 g/mol. The van der Waals surface area contributed by atoms with Gasteiger partial charge in [-0.25, -0.2) is 18.1 Å². The standard InChI is InChI=1S/C20H28N4O3S/c1-5-22-20(24-14-17-10-9-15(2)11-19(17)27-4)23-13-16-7-6-8-18(12-16)28(25,26)21-3/h6-12,21H,5,13-14H2,1-4H3,(H2,22,23,24). The monoisotopic (exact) mass is 404 g/mol. The maximum absolute atomic E-state index is 12.0. The summed E-state index contributed by atoms with van der Waals surface area (Å²) < 4.78 is 31.7. The van der Waals surface area contributed by atoms with Crippen molar-refractivity contribution in [1.82, 2.24) is 15.4 Å². The van der Waals surface area contributed by atoms with Gasteiger partial charge in [-0.15, -0.1) is 0 Å². The van der Waals surface area contributed by atoms with Crippen LogP contribution in [-0.4, -0.2) is 35.1 Å². The van der Waals surface area contributed by atoms with Gasteiger partial charge in [0.1, 0.15) is 5.75 Å². The van der Waals surface area contributed by atoms with Gasteiger partial charge in [0.2, 0.25) is 10.0 Å². The van der Waals surface area contributed by atoms with E-state index in [9.17, 15) is 8.42 Å². The summed E-state index contributed by atoms with van der Waals surface area (Å²) in [7, 11) is -0.419. The first-order chi connectivity index (χ1) is 13.4. The summed E-state index contributed by atoms with van der Waals surface area (Å²) in [4.78, 5) is 4.79. The second-order valence-corrected chi connectivity index (χ2v) is 8.11. The molecule has 0 heterocycles. The van der Waals surface area contributed by atoms with Crippen LogP contribution in [0.3, 0.4) is 0 Å². The third-order valence-electron chi connectivity index (χ3n) is 4.13. The summed E-state index contributed by atoms with van der Waals surface area (Å²) in [5.74, 6) is 1.47. The highest BCUT2D eigenvalue weighted by atomic mass is 32.2. The number of hydrogen-bond donors (Lipinski definition) is 3. The first-order valence-electron chi connectivity index (χ1n) is 9.07. The van der Waals surface area contributed by atoms with Crippen molar-refractivity contribution in [1.29, 1.82) is 0 Å². The van der Waals surface area contributed by atoms with E-state index in [1.165, 1.54) is 7.05 Å². The third kappa shape index (κ3) is 5.97. The Morgan fingerprint density at radius 1 is 1.14 bits per heavy atom. The molecular weight excluding hydrogens is 376 g/mol. The highest BCUT2D eigenvalue weighted by Crippen LogP contribution is 2.19. The molecule has 2 aromatic rings. The molecule has 8 heteroatoms. The van der Waals surface area contributed by atoms with Crippen molar-refractivity contribution >= 4 is 16.0 Å². The molecule has 2 aromatic carbocycles. The van der Waals surface area contributed by atoms with Crippen LogP contribution in [-0.2, 0) is 23.1 Å². The van der Waals surface area contributed by atoms with Gasteiger partial charge in [0.25, 0.3) is 0 Å². The first kappa shape index (κ1) is 21.7. The fourth-order valence-electron chi connectivity index (χ4n) is 2.62. The number of nitrogens with zero attached hydrogens (tertiary/aromatic N) is 1. The Morgan fingerprint density at radius 2 is 1.93 bits per heavy atom. The molecule has 0 unspecified atom stereocenters. The Hall–Kier alpha value is -2.58. The third-order valence-corrected chi connectivity index (χ3v) is 5.54. The Kier molecular flexibility index (Phi) is 7.83. The second-order valence-electron chi connectivity index (χ2n) is 6.22. The molecule has 3 N–H and O–H groups in total. The SMILES string of the molecule is CCNC(=NCc1cccc(S(=O)(=O)NC)c1)NCc1ccc(C)cc1OC. The number of ether oxygens (including phenoxy) is 1. The minimum absolute atomic E-state index is 0.227. The lowest BCUT2D eigenvalue weighted by Crippen LogP contribution is -2.36. The minimum atomic E-state index is -3.47. The van der Waals surface area contributed by atoms with Crippen LogP contribution in [0.4, 0.5) is 0 Å². The number of benzene rings is 2. The summed E-state index contributed by atoms with van der Waals surface area (Å²) in [5.41, 5.74) is 2.97. The Balaban J connectivity index is 2.12. The molecule has 152 valence electrons. The summed E-state index contributed by atoms with van der Waals surface area (Å²) >= 11 is 0. The normalized spacial score (nSPS) is 11.9. The van der Waals surface area contributed by atoms with Crippen molar-refractivity contribution in [3.05, 3.63) is 59.2 Å². The van der Waals surface area contributed by atoms with Crippen molar-refractivity contribution in [2.24, 2.45) is 4.99 Å². The lowest BCUT2D eigenvalue weighted by molar-refractivity contribution is 0.408. The highest BCUT2D eigenvalue weighted by molar-refractivity contribution is 7.89. The van der Waals surface area contributed by atoms with Crippen molar-refractivity contribution in [2.45, 2.75) is 31.8 Å². The van der Waals surface area contributed by atoms with Gasteiger partial charge in [-0.3, -0.25) is 0 Å². The van der Waals surface area contributed by atoms with E-state index in [-0.39, 0.29) is 4.90 Å². The van der Waals surface area contributed by atoms with Crippen molar-refractivity contribution in [2.75, 3.05) is 20.7 Å². The van der Waals surface area contributed by atoms with Crippen LogP contribution in [0.25, 0.3) is 0 Å². The van der Waals surface area contributed by atoms with E-state index < -0.39 is 10.0 Å². The molecule has 0 saturated heterocycles. The van der Waals surface area contributed by atoms with Crippen LogP contribution >= 0.6 is 0 Å². The Bertz CT molecular complexity index is 927. The van der Waals surface area contributed by atoms with E-state index in [1.807, 2.05) is 38.1 Å². The maximum Gasteiger partial charge on any atom is 0.240 e. The molecule has 0 aliphatic heterocycles. The van der Waals surface area contributed by atoms with Crippen molar-refractivity contribution in [3.63, 3.8) is 0 Å². The molecule has 0 aromatic heterocycles. The topological polar surface area (TPSA) is 91.8 Å². The molecule has 0 aliphatic carbocycles. The number of aliphatic imine (C=N–C) groups is 1. The van der Waals surface area contributed by atoms with E-state index >= 15 is 0 Å². The molecule has 0 fully saturated rings. The molecule has 2 rings (SSSR count). The van der Waals surface area contributed by atoms with Crippen LogP contribution in [0.1, 0.15) is 23.6 Å². The zero-order valence-electron chi connectivity index (χ0n) is 16.7. The van der Waals surface area contributed by atoms with Gasteiger partial charge >= 0.3 is 0 Å². The first-order valence-corrected chi connectivity index (χ1v) is 10.6. The van der Waals surface area contributed by atoms with E-state index in [0.717, 1.165) is 22.4 Å². The number of aryl methyl sites for hydroxylation is 1. The molecule has 0 spiro atoms. The summed E-state index contributed by atoms with van der Waals surface area (Å²) in [6, 6.07) is 12.8. The number of rotatable bonds is 8. The molecule has 0 amide bonds. The summed E-state index contributed by atoms with van der Waals surface area (Å²) in [6.45, 7) is 5.64. The Labute approximate surface area is 167 Å². The van der Waals surface area contributed by atoms with Crippen LogP contribution < -0.4 is 20.1 Å². The van der Waals surface area contributed by atoms with Crippen molar-refractivity contribution < 1.29 is 13.2 Å². The lowest BCUT2D eigenvalue weighted by atomic mass is 10.1. The van der Waals surface area contributed by atoms with E-state index in [2.05, 4.69) is 20.3 Å². The van der Waals surface area contributed by atoms with Gasteiger partial charge < -0.3 is 15.4 Å². The number of hydrogen-bond acceptors (Lipinski definition) is 4. The summed E-state index contributed by atoms with van der Waals surface area (Å²) in [5, 5.41) is 6.48. The molecule has 0 bridgehead atoms. The second kappa shape index (κ2) is 10.1. The van der Waals surface area contributed by atoms with Crippen LogP contribution in [0.5, 0.6) is 5.75 Å². The number of guanidine groups is 1. The summed E-state index contributed by atoms with van der Waals surface area (Å²) in [6.07, 6.45) is 0. The quantitative estimate of drug-likeness (QED) is 0.463. The number of sulfonamides is 1. The zero-order valence-corrected chi connectivity index (χ0v) is 17.6. The lowest BCUT2D eigenvalue weighted by Gasteiger charge is -2.14. The molecule has 0 saturated carbocycles. The zero-order chi connectivity index (χ0) is 20.6. The van der Waals surface area contributed by atoms with E-state index in [0.29, 0.717) is 25.6 Å². The highest BCUT2D eigenvalue weighted by Gasteiger charge is 2.11. The number of methoxy groups -OCH3 is 1. The maximum atomic E-state index is 12.0. The van der Waals surface area contributed by atoms with Crippen LogP contribution in [0.15, 0.2) is 52.4 Å². The van der Waals surface area contributed by atoms with Crippen molar-refractivity contribution in [3.8, 4) is 5.75 Å². The fraction of sp³-hybridized carbons (Fsp3) is 0.350. The van der Waals surface area contributed by atoms with E-state index in [4.69, 9.17) is 4.74 Å². The van der Waals surface area contributed by atoms with Gasteiger partial charge in [-0.2, -0.15) is 0 Å². The van der Waals surface area contributed by atoms with Crippen LogP contribution in [0.2, 0.25) is 0 Å². The van der Waals surface area contributed by atoms with Gasteiger partial charge in [-0.05, 0) is 50.2 Å². The average Bonchev–Trinajstić information content (AvgIpc) is 2.70. The predicted octanol–water partition coefficient (Wildman–Crippen LogP) is 2.17. The smallest absolute Gasteiger partial charge is 0.240 e. The van der Waals surface area contributed by atoms with E-state index in [1.54, 1.807) is 25.3 Å². The van der Waals surface area contributed by atoms with Gasteiger partial charge in [0.05, 0.1) is 18.6 Å². The van der Waals surface area contributed by atoms with Crippen LogP contribution in [0, 0.1) is 6.92 Å². The molecular formula is C20H28N4O3S. The predicted molar refractivity (Wildman–Crippen MR) is 112 cm³/mol. The fourth-order valence-corrected chi connectivity index (χ4v) is 3.42. The minimum Gasteiger partial charge on any atom is -0.496 e.